The van der Waals surface area contributed by atoms with E-state index in [9.17, 15) is 18.0 Å². The maximum absolute atomic E-state index is 13.2. The van der Waals surface area contributed by atoms with Crippen LogP contribution in [0.1, 0.15) is 33.6 Å². The van der Waals surface area contributed by atoms with Crippen molar-refractivity contribution in [3.05, 3.63) is 65.1 Å². The van der Waals surface area contributed by atoms with Gasteiger partial charge >= 0.3 is 0 Å². The van der Waals surface area contributed by atoms with Gasteiger partial charge in [-0.15, -0.1) is 11.3 Å². The van der Waals surface area contributed by atoms with Gasteiger partial charge in [0, 0.05) is 36.6 Å². The summed E-state index contributed by atoms with van der Waals surface area (Å²) in [6.07, 6.45) is 2.08. The van der Waals surface area contributed by atoms with Crippen LogP contribution in [0.25, 0.3) is 0 Å². The first-order valence-electron chi connectivity index (χ1n) is 9.77. The molecule has 158 valence electrons. The second kappa shape index (κ2) is 8.33. The molecular weight excluding hydrogens is 422 g/mol. The van der Waals surface area contributed by atoms with E-state index in [-0.39, 0.29) is 11.8 Å². The summed E-state index contributed by atoms with van der Waals surface area (Å²) < 4.78 is 27.8. The third-order valence-electron chi connectivity index (χ3n) is 5.53. The molecule has 0 bridgehead atoms. The predicted octanol–water partition coefficient (Wildman–Crippen LogP) is 2.82. The van der Waals surface area contributed by atoms with Gasteiger partial charge in [-0.3, -0.25) is 9.59 Å². The number of benzene rings is 1. The number of hydrogen-bond acceptors (Lipinski definition) is 5. The van der Waals surface area contributed by atoms with Crippen LogP contribution in [0.5, 0.6) is 0 Å². The van der Waals surface area contributed by atoms with Crippen molar-refractivity contribution in [2.75, 3.05) is 18.4 Å². The number of rotatable bonds is 5. The Bertz CT molecular complexity index is 1050. The highest BCUT2D eigenvalue weighted by molar-refractivity contribution is 7.89. The van der Waals surface area contributed by atoms with E-state index in [1.54, 1.807) is 17.0 Å². The molecule has 3 heterocycles. The van der Waals surface area contributed by atoms with Crippen LogP contribution in [0.3, 0.4) is 0 Å². The van der Waals surface area contributed by atoms with Gasteiger partial charge in [-0.1, -0.05) is 24.8 Å². The minimum absolute atomic E-state index is 0.0519. The lowest BCUT2D eigenvalue weighted by Crippen LogP contribution is -2.45. The van der Waals surface area contributed by atoms with E-state index >= 15 is 0 Å². The summed E-state index contributed by atoms with van der Waals surface area (Å²) >= 11 is 1.40. The molecule has 7 nitrogen and oxygen atoms in total. The first-order chi connectivity index (χ1) is 14.4. The van der Waals surface area contributed by atoms with Crippen LogP contribution in [0.2, 0.25) is 0 Å². The highest BCUT2D eigenvalue weighted by atomic mass is 32.2. The van der Waals surface area contributed by atoms with Crippen molar-refractivity contribution in [1.82, 2.24) is 9.21 Å². The van der Waals surface area contributed by atoms with Gasteiger partial charge in [0.1, 0.15) is 0 Å². The number of nitrogens with zero attached hydrogens (tertiary/aromatic N) is 2. The monoisotopic (exact) mass is 445 g/mol. The number of fused-ring (bicyclic) bond motifs is 1. The largest absolute Gasteiger partial charge is 0.339 e. The van der Waals surface area contributed by atoms with E-state index in [1.807, 2.05) is 24.3 Å². The second-order valence-electron chi connectivity index (χ2n) is 7.42. The first-order valence-corrected chi connectivity index (χ1v) is 12.1. The van der Waals surface area contributed by atoms with Gasteiger partial charge in [0.2, 0.25) is 15.9 Å². The summed E-state index contributed by atoms with van der Waals surface area (Å²) in [5, 5.41) is 2.95. The Morgan fingerprint density at radius 3 is 2.47 bits per heavy atom. The Morgan fingerprint density at radius 2 is 1.83 bits per heavy atom. The van der Waals surface area contributed by atoms with E-state index < -0.39 is 15.3 Å². The van der Waals surface area contributed by atoms with Crippen molar-refractivity contribution >= 4 is 38.2 Å². The molecule has 4 rings (SSSR count). The topological polar surface area (TPSA) is 86.8 Å². The van der Waals surface area contributed by atoms with Crippen LogP contribution in [0.4, 0.5) is 5.00 Å². The smallest absolute Gasteiger partial charge is 0.253 e. The van der Waals surface area contributed by atoms with Gasteiger partial charge in [0.15, 0.2) is 0 Å². The van der Waals surface area contributed by atoms with Crippen LogP contribution in [-0.2, 0) is 27.9 Å². The molecule has 0 atom stereocenters. The summed E-state index contributed by atoms with van der Waals surface area (Å²) in [7, 11) is -3.46. The fraction of sp³-hybridized carbons (Fsp3) is 0.333. The Kier molecular flexibility index (Phi) is 5.77. The van der Waals surface area contributed by atoms with Crippen molar-refractivity contribution in [3.8, 4) is 0 Å². The van der Waals surface area contributed by atoms with Crippen LogP contribution in [0, 0.1) is 0 Å². The van der Waals surface area contributed by atoms with Gasteiger partial charge < -0.3 is 10.2 Å². The fourth-order valence-electron chi connectivity index (χ4n) is 3.89. The maximum Gasteiger partial charge on any atom is 0.253 e. The zero-order valence-corrected chi connectivity index (χ0v) is 18.0. The second-order valence-corrected chi connectivity index (χ2v) is 10.8. The molecule has 0 aliphatic carbocycles. The molecule has 0 unspecified atom stereocenters. The first kappa shape index (κ1) is 20.8. The molecule has 1 aromatic heterocycles. The number of hydrogen-bond donors (Lipinski definition) is 1. The van der Waals surface area contributed by atoms with Gasteiger partial charge in [-0.05, 0) is 42.7 Å². The molecule has 1 N–H and O–H groups in total. The summed E-state index contributed by atoms with van der Waals surface area (Å²) in [5.41, 5.74) is 1.56. The lowest BCUT2D eigenvalue weighted by atomic mass is 10.1. The molecule has 30 heavy (non-hydrogen) atoms. The number of thiophene rings is 1. The molecule has 1 aromatic carbocycles. The standard InChI is InChI=1S/C21H23N3O4S2/c1-2-19(25)22-20-12-16-13-24(14-18(16)29-20)30(27,28)17-8-10-23(11-9-17)21(26)15-6-4-3-5-7-15/h2-7,12,17H,1,8-11,13-14H2,(H,22,25). The fourth-order valence-corrected chi connectivity index (χ4v) is 6.92. The number of sulfonamides is 1. The SMILES string of the molecule is C=CC(=O)Nc1cc2c(s1)CN(S(=O)(=O)C1CCN(C(=O)c3ccccc3)CC1)C2. The number of carbonyl (C=O) groups excluding carboxylic acids is 2. The molecule has 0 saturated carbocycles. The van der Waals surface area contributed by atoms with E-state index in [1.165, 1.54) is 21.7 Å². The van der Waals surface area contributed by atoms with E-state index in [2.05, 4.69) is 11.9 Å². The molecule has 2 amide bonds. The van der Waals surface area contributed by atoms with E-state index in [4.69, 9.17) is 0 Å². The normalized spacial score (nSPS) is 17.5. The van der Waals surface area contributed by atoms with Crippen molar-refractivity contribution in [1.29, 1.82) is 0 Å². The van der Waals surface area contributed by atoms with Crippen molar-refractivity contribution < 1.29 is 18.0 Å². The summed E-state index contributed by atoms with van der Waals surface area (Å²) in [6, 6.07) is 10.9. The van der Waals surface area contributed by atoms with Gasteiger partial charge in [0.25, 0.3) is 5.91 Å². The third kappa shape index (κ3) is 4.05. The number of anilines is 1. The molecular formula is C21H23N3O4S2. The lowest BCUT2D eigenvalue weighted by molar-refractivity contribution is -0.111. The average Bonchev–Trinajstić information content (AvgIpc) is 3.33. The minimum atomic E-state index is -3.46. The summed E-state index contributed by atoms with van der Waals surface area (Å²) in [6.45, 7) is 4.95. The van der Waals surface area contributed by atoms with Gasteiger partial charge in [-0.2, -0.15) is 4.31 Å². The Morgan fingerprint density at radius 1 is 1.13 bits per heavy atom. The molecule has 2 aliphatic heterocycles. The highest BCUT2D eigenvalue weighted by Crippen LogP contribution is 2.37. The molecule has 1 fully saturated rings. The summed E-state index contributed by atoms with van der Waals surface area (Å²) in [5.74, 6) is -0.333. The Labute approximate surface area is 180 Å². The molecule has 0 radical (unpaired) electrons. The van der Waals surface area contributed by atoms with Crippen LogP contribution in [-0.4, -0.2) is 47.8 Å². The Balaban J connectivity index is 1.37. The number of nitrogens with one attached hydrogen (secondary N) is 1. The molecule has 1 saturated heterocycles. The molecule has 2 aromatic rings. The number of amides is 2. The molecule has 9 heteroatoms. The number of piperidine rings is 1. The zero-order chi connectivity index (χ0) is 21.3. The van der Waals surface area contributed by atoms with Crippen LogP contribution >= 0.6 is 11.3 Å². The average molecular weight is 446 g/mol. The van der Waals surface area contributed by atoms with Crippen LogP contribution in [0.15, 0.2) is 49.1 Å². The predicted molar refractivity (Wildman–Crippen MR) is 117 cm³/mol. The quantitative estimate of drug-likeness (QED) is 0.717. The third-order valence-corrected chi connectivity index (χ3v) is 8.90. The van der Waals surface area contributed by atoms with Gasteiger partial charge in [0.05, 0.1) is 10.3 Å². The van der Waals surface area contributed by atoms with E-state index in [0.717, 1.165) is 10.4 Å². The van der Waals surface area contributed by atoms with Crippen molar-refractivity contribution in [3.63, 3.8) is 0 Å². The molecule has 2 aliphatic rings. The minimum Gasteiger partial charge on any atom is -0.339 e. The highest BCUT2D eigenvalue weighted by Gasteiger charge is 2.39. The Hall–Kier alpha value is -2.49. The van der Waals surface area contributed by atoms with Gasteiger partial charge in [-0.25, -0.2) is 8.42 Å². The summed E-state index contributed by atoms with van der Waals surface area (Å²) in [4.78, 5) is 26.7. The lowest BCUT2D eigenvalue weighted by Gasteiger charge is -2.33. The van der Waals surface area contributed by atoms with Crippen LogP contribution < -0.4 is 5.32 Å². The van der Waals surface area contributed by atoms with Crippen molar-refractivity contribution in [2.24, 2.45) is 0 Å². The van der Waals surface area contributed by atoms with E-state index in [0.29, 0.717) is 49.6 Å². The number of carbonyl (C=O) groups is 2. The molecule has 0 spiro atoms. The maximum atomic E-state index is 13.2. The van der Waals surface area contributed by atoms with Crippen molar-refractivity contribution in [2.45, 2.75) is 31.2 Å². The zero-order valence-electron chi connectivity index (χ0n) is 16.4. The number of likely N-dealkylation sites (tertiary alicyclic amines) is 1.